The molecule has 0 unspecified atom stereocenters. The van der Waals surface area contributed by atoms with Gasteiger partial charge in [-0.2, -0.15) is 0 Å². The fourth-order valence-corrected chi connectivity index (χ4v) is 0. The van der Waals surface area contributed by atoms with E-state index in [2.05, 4.69) is 23.3 Å². The van der Waals surface area contributed by atoms with Gasteiger partial charge in [0.15, 0.2) is 0 Å². The minimum Gasteiger partial charge on any atom is -1.00 e. The van der Waals surface area contributed by atoms with Gasteiger partial charge in [-0.15, -0.1) is 0 Å². The molecule has 0 fully saturated rings. The summed E-state index contributed by atoms with van der Waals surface area (Å²) >= 11 is 7.33. The van der Waals surface area contributed by atoms with E-state index in [0.29, 0.717) is 0 Å². The molecule has 0 aliphatic heterocycles. The van der Waals surface area contributed by atoms with Crippen LogP contribution >= 0.6 is 0 Å². The van der Waals surface area contributed by atoms with Gasteiger partial charge >= 0.3 is 0 Å². The molecule has 0 aromatic rings. The summed E-state index contributed by atoms with van der Waals surface area (Å²) in [5.74, 6) is 0. The zero-order valence-corrected chi connectivity index (χ0v) is 9.70. The zero-order chi connectivity index (χ0) is 2.00. The number of rotatable bonds is 0. The molecule has 0 aromatic heterocycles. The quantitative estimate of drug-likeness (QED) is 0.342. The van der Waals surface area contributed by atoms with Gasteiger partial charge < -0.3 is 23.3 Å². The van der Waals surface area contributed by atoms with Gasteiger partial charge in [0.2, 0.25) is 0 Å². The average Bonchev–Trinajstić information content (AvgIpc) is 1.00. The monoisotopic (exact) mass is 358 g/mol. The molecule has 0 atom stereocenters. The summed E-state index contributed by atoms with van der Waals surface area (Å²) in [7, 11) is 0. The first-order valence-corrected chi connectivity index (χ1v) is 1.50. The van der Waals surface area contributed by atoms with Crippen LogP contribution in [-0.4, -0.2) is 0 Å². The molecule has 0 nitrogen and oxygen atoms in total. The molecular formula is Mo3S2-2. The van der Waals surface area contributed by atoms with Crippen LogP contribution in [0, 0.1) is 0 Å². The van der Waals surface area contributed by atoms with Crippen molar-refractivity contribution in [2.45, 2.75) is 0 Å². The van der Waals surface area contributed by atoms with Crippen molar-refractivity contribution in [3.8, 4) is 0 Å². The molecule has 5 heteroatoms. The predicted molar refractivity (Wildman–Crippen MR) is 14.7 cm³/mol. The van der Waals surface area contributed by atoms with Crippen LogP contribution in [0.5, 0.6) is 0 Å². The average molecular weight is 352 g/mol. The van der Waals surface area contributed by atoms with Crippen molar-refractivity contribution in [1.82, 2.24) is 0 Å². The van der Waals surface area contributed by atoms with E-state index < -0.39 is 0 Å². The van der Waals surface area contributed by atoms with Gasteiger partial charge in [-0.3, -0.25) is 0 Å². The Morgan fingerprint density at radius 3 is 0.600 bits per heavy atom. The van der Waals surface area contributed by atoms with Crippen LogP contribution in [0.1, 0.15) is 0 Å². The molecular weight excluding hydrogens is 352 g/mol. The molecule has 0 aromatic carbocycles. The van der Waals surface area contributed by atoms with Gasteiger partial charge in [-0.1, -0.05) is 0 Å². The van der Waals surface area contributed by atoms with Crippen molar-refractivity contribution in [3.63, 3.8) is 0 Å². The Labute approximate surface area is 85.2 Å². The van der Waals surface area contributed by atoms with E-state index in [1.54, 1.807) is 0 Å². The molecule has 0 heterocycles. The number of hydrogen-bond donors (Lipinski definition) is 0. The normalized spacial score (nSPS) is 1.20. The maximum Gasteiger partial charge on any atom is 0 e. The first kappa shape index (κ1) is 25.1. The van der Waals surface area contributed by atoms with E-state index in [1.807, 2.05) is 0 Å². The minimum atomic E-state index is 0. The molecule has 0 aliphatic rings. The first-order chi connectivity index (χ1) is 1.00. The molecule has 0 N–H and O–H groups in total. The summed E-state index contributed by atoms with van der Waals surface area (Å²) < 4.78 is 0. The zero-order valence-electron chi connectivity index (χ0n) is 2.04. The summed E-state index contributed by atoms with van der Waals surface area (Å²) in [5.41, 5.74) is 0. The molecule has 5 heavy (non-hydrogen) atoms. The van der Waals surface area contributed by atoms with Gasteiger partial charge in [0, 0.05) is 63.2 Å². The molecule has 0 bridgehead atoms. The SMILES string of the molecule is [Mo].[Mo].[Mo].[S-][S-]. The molecule has 0 radical (unpaired) electrons. The smallest absolute Gasteiger partial charge is 0 e. The molecule has 0 amide bonds. The molecule has 0 rings (SSSR count). The van der Waals surface area contributed by atoms with E-state index in [9.17, 15) is 0 Å². The Morgan fingerprint density at radius 1 is 0.600 bits per heavy atom. The van der Waals surface area contributed by atoms with Crippen molar-refractivity contribution in [2.24, 2.45) is 0 Å². The van der Waals surface area contributed by atoms with Crippen molar-refractivity contribution < 1.29 is 63.2 Å². The van der Waals surface area contributed by atoms with Gasteiger partial charge in [-0.05, 0) is 0 Å². The second kappa shape index (κ2) is 29.4. The van der Waals surface area contributed by atoms with Crippen LogP contribution in [0.25, 0.3) is 0 Å². The van der Waals surface area contributed by atoms with E-state index >= 15 is 0 Å². The van der Waals surface area contributed by atoms with Crippen molar-refractivity contribution in [1.29, 1.82) is 0 Å². The van der Waals surface area contributed by atoms with Crippen LogP contribution in [-0.2, 0) is 86.5 Å². The van der Waals surface area contributed by atoms with Crippen molar-refractivity contribution >= 4 is 23.3 Å². The van der Waals surface area contributed by atoms with Crippen molar-refractivity contribution in [3.05, 3.63) is 0 Å². The maximum absolute atomic E-state index is 3.67. The Hall–Kier alpha value is 2.76. The van der Waals surface area contributed by atoms with Gasteiger partial charge in [0.05, 0.1) is 0 Å². The third-order valence-corrected chi connectivity index (χ3v) is 0. The minimum absolute atomic E-state index is 0. The fraction of sp³-hybridized carbons (Fsp3) is 0. The number of hydrogen-bond acceptors (Lipinski definition) is 2. The molecule has 32 valence electrons. The van der Waals surface area contributed by atoms with Crippen LogP contribution < -0.4 is 0 Å². The Balaban J connectivity index is -0.00000000167. The Bertz CT molecular complexity index is 4.85. The van der Waals surface area contributed by atoms with Gasteiger partial charge in [0.1, 0.15) is 0 Å². The van der Waals surface area contributed by atoms with Crippen molar-refractivity contribution in [2.75, 3.05) is 0 Å². The van der Waals surface area contributed by atoms with Crippen LogP contribution in [0.2, 0.25) is 0 Å². The molecule has 0 spiro atoms. The second-order valence-electron chi connectivity index (χ2n) is 0. The van der Waals surface area contributed by atoms with E-state index in [1.165, 1.54) is 0 Å². The summed E-state index contributed by atoms with van der Waals surface area (Å²) in [6.07, 6.45) is 0. The largest absolute Gasteiger partial charge is 1.00 e. The van der Waals surface area contributed by atoms with Crippen LogP contribution in [0.4, 0.5) is 0 Å². The molecule has 0 aliphatic carbocycles. The summed E-state index contributed by atoms with van der Waals surface area (Å²) in [6.45, 7) is 0. The van der Waals surface area contributed by atoms with Crippen LogP contribution in [0.3, 0.4) is 0 Å². The summed E-state index contributed by atoms with van der Waals surface area (Å²) in [6, 6.07) is 0. The van der Waals surface area contributed by atoms with Crippen LogP contribution in [0.15, 0.2) is 0 Å². The molecule has 0 saturated carbocycles. The van der Waals surface area contributed by atoms with E-state index in [0.717, 1.165) is 0 Å². The third kappa shape index (κ3) is 20.1. The second-order valence-corrected chi connectivity index (χ2v) is 0. The summed E-state index contributed by atoms with van der Waals surface area (Å²) in [5, 5.41) is 0. The standard InChI is InChI=1S/3Mo.S2/c;;;1-2/q;;;-2. The maximum atomic E-state index is 3.67. The summed E-state index contributed by atoms with van der Waals surface area (Å²) in [4.78, 5) is 0. The predicted octanol–water partition coefficient (Wildman–Crippen LogP) is -0.0123. The van der Waals surface area contributed by atoms with E-state index in [4.69, 9.17) is 0 Å². The Morgan fingerprint density at radius 2 is 0.600 bits per heavy atom. The topological polar surface area (TPSA) is 0 Å². The Kier molecular flexibility index (Phi) is 147. The third-order valence-electron chi connectivity index (χ3n) is 0. The van der Waals surface area contributed by atoms with Gasteiger partial charge in [-0.25, -0.2) is 0 Å². The first-order valence-electron chi connectivity index (χ1n) is 0.167. The molecule has 0 saturated heterocycles. The van der Waals surface area contributed by atoms with Gasteiger partial charge in [0.25, 0.3) is 0 Å². The fourth-order valence-electron chi connectivity index (χ4n) is 0. The van der Waals surface area contributed by atoms with E-state index in [-0.39, 0.29) is 63.2 Å².